The van der Waals surface area contributed by atoms with Gasteiger partial charge < -0.3 is 24.8 Å². The van der Waals surface area contributed by atoms with E-state index in [9.17, 15) is 14.4 Å². The first-order valence-corrected chi connectivity index (χ1v) is 13.3. The first-order valence-electron chi connectivity index (χ1n) is 13.3. The van der Waals surface area contributed by atoms with Gasteiger partial charge in [-0.2, -0.15) is 0 Å². The van der Waals surface area contributed by atoms with Crippen molar-refractivity contribution >= 4 is 23.7 Å². The Balaban J connectivity index is 1.72. The van der Waals surface area contributed by atoms with Gasteiger partial charge in [-0.15, -0.1) is 0 Å². The zero-order chi connectivity index (χ0) is 27.7. The minimum Gasteiger partial charge on any atom is -0.493 e. The largest absolute Gasteiger partial charge is 0.493 e. The highest BCUT2D eigenvalue weighted by Gasteiger charge is 2.35. The smallest absolute Gasteiger partial charge is 0.407 e. The summed E-state index contributed by atoms with van der Waals surface area (Å²) in [5.41, 5.74) is 0.977. The molecule has 2 amide bonds. The number of anilines is 1. The predicted molar refractivity (Wildman–Crippen MR) is 146 cm³/mol. The molecule has 1 saturated carbocycles. The Hall–Kier alpha value is -3.55. The van der Waals surface area contributed by atoms with E-state index >= 15 is 0 Å². The van der Waals surface area contributed by atoms with E-state index in [1.54, 1.807) is 39.0 Å². The fourth-order valence-corrected chi connectivity index (χ4v) is 4.23. The van der Waals surface area contributed by atoms with Crippen LogP contribution in [0.25, 0.3) is 0 Å². The minimum absolute atomic E-state index is 0.139. The maximum absolute atomic E-state index is 13.2. The number of hydrogen-bond acceptors (Lipinski definition) is 6. The summed E-state index contributed by atoms with van der Waals surface area (Å²) in [7, 11) is 0. The molecule has 206 valence electrons. The van der Waals surface area contributed by atoms with Crippen LogP contribution in [-0.2, 0) is 20.9 Å². The molecule has 8 heteroatoms. The van der Waals surface area contributed by atoms with E-state index in [-0.39, 0.29) is 24.1 Å². The second-order valence-corrected chi connectivity index (χ2v) is 11.1. The molecule has 2 atom stereocenters. The second-order valence-electron chi connectivity index (χ2n) is 11.1. The summed E-state index contributed by atoms with van der Waals surface area (Å²) in [4.78, 5) is 38.4. The van der Waals surface area contributed by atoms with Crippen molar-refractivity contribution in [2.45, 2.75) is 78.6 Å². The summed E-state index contributed by atoms with van der Waals surface area (Å²) in [6.45, 7) is 10.2. The molecule has 2 aromatic carbocycles. The van der Waals surface area contributed by atoms with E-state index in [0.717, 1.165) is 18.4 Å². The fraction of sp³-hybridized carbons (Fsp3) is 0.500. The summed E-state index contributed by atoms with van der Waals surface area (Å²) < 4.78 is 16.8. The molecule has 2 aromatic rings. The Bertz CT molecular complexity index is 1090. The van der Waals surface area contributed by atoms with Crippen LogP contribution in [0.4, 0.5) is 10.5 Å². The lowest BCUT2D eigenvalue weighted by atomic mass is 10.0. The van der Waals surface area contributed by atoms with Crippen molar-refractivity contribution in [3.8, 4) is 5.75 Å². The number of carbonyl (C=O) groups is 3. The minimum atomic E-state index is -0.623. The van der Waals surface area contributed by atoms with E-state index in [0.29, 0.717) is 36.8 Å². The lowest BCUT2D eigenvalue weighted by Crippen LogP contribution is -2.44. The molecular weight excluding hydrogens is 484 g/mol. The maximum Gasteiger partial charge on any atom is 0.407 e. The Morgan fingerprint density at radius 2 is 1.76 bits per heavy atom. The van der Waals surface area contributed by atoms with E-state index in [1.807, 2.05) is 30.3 Å². The summed E-state index contributed by atoms with van der Waals surface area (Å²) in [5.74, 6) is -0.216. The van der Waals surface area contributed by atoms with Gasteiger partial charge in [0.05, 0.1) is 18.1 Å². The van der Waals surface area contributed by atoms with Gasteiger partial charge in [-0.25, -0.2) is 9.59 Å². The predicted octanol–water partition coefficient (Wildman–Crippen LogP) is 6.10. The van der Waals surface area contributed by atoms with Crippen LogP contribution in [0.1, 0.15) is 76.2 Å². The zero-order valence-electron chi connectivity index (χ0n) is 23.0. The Morgan fingerprint density at radius 3 is 2.45 bits per heavy atom. The van der Waals surface area contributed by atoms with Crippen LogP contribution in [0.3, 0.4) is 0 Å². The van der Waals surface area contributed by atoms with Gasteiger partial charge in [0.1, 0.15) is 18.0 Å². The summed E-state index contributed by atoms with van der Waals surface area (Å²) in [6.07, 6.45) is 2.46. The number of hydrogen-bond donors (Lipinski definition) is 2. The number of carbonyl (C=O) groups excluding carboxylic acids is 3. The molecule has 0 bridgehead atoms. The van der Waals surface area contributed by atoms with Gasteiger partial charge in [-0.3, -0.25) is 4.79 Å². The van der Waals surface area contributed by atoms with Crippen molar-refractivity contribution in [3.05, 3.63) is 59.7 Å². The number of amides is 2. The Labute approximate surface area is 225 Å². The fourth-order valence-electron chi connectivity index (χ4n) is 4.23. The molecule has 0 heterocycles. The van der Waals surface area contributed by atoms with Crippen LogP contribution in [0.5, 0.6) is 5.75 Å². The molecule has 0 aliphatic heterocycles. The lowest BCUT2D eigenvalue weighted by Gasteiger charge is -2.24. The molecule has 3 rings (SSSR count). The molecule has 8 nitrogen and oxygen atoms in total. The number of ether oxygens (including phenoxy) is 3. The number of rotatable bonds is 10. The highest BCUT2D eigenvalue weighted by atomic mass is 16.6. The Kier molecular flexibility index (Phi) is 10.2. The second kappa shape index (κ2) is 13.3. The van der Waals surface area contributed by atoms with Crippen molar-refractivity contribution in [1.82, 2.24) is 5.32 Å². The van der Waals surface area contributed by atoms with Crippen molar-refractivity contribution < 1.29 is 28.6 Å². The topological polar surface area (TPSA) is 103 Å². The van der Waals surface area contributed by atoms with Gasteiger partial charge in [0.15, 0.2) is 0 Å². The maximum atomic E-state index is 13.2. The van der Waals surface area contributed by atoms with Gasteiger partial charge in [0.25, 0.3) is 0 Å². The molecule has 38 heavy (non-hydrogen) atoms. The van der Waals surface area contributed by atoms with Gasteiger partial charge in [-0.05, 0) is 63.6 Å². The highest BCUT2D eigenvalue weighted by Crippen LogP contribution is 2.29. The quantitative estimate of drug-likeness (QED) is 0.364. The summed E-state index contributed by atoms with van der Waals surface area (Å²) in [5, 5.41) is 5.77. The zero-order valence-corrected chi connectivity index (χ0v) is 23.0. The van der Waals surface area contributed by atoms with Gasteiger partial charge in [0.2, 0.25) is 5.91 Å². The third-order valence-electron chi connectivity index (χ3n) is 6.14. The molecule has 1 aliphatic carbocycles. The highest BCUT2D eigenvalue weighted by molar-refractivity contribution is 5.96. The molecule has 0 radical (unpaired) electrons. The number of alkyl carbamates (subject to hydrolysis) is 1. The van der Waals surface area contributed by atoms with Crippen LogP contribution in [0.15, 0.2) is 48.5 Å². The standard InChI is InChI=1S/C30H40N2O6/c1-20(2)14-15-36-24-17-22(28(34)37-19-21-10-7-6-8-11-21)16-23(18-24)31-27(33)25-12-9-13-26(25)32-29(35)38-30(3,4)5/h6-8,10-11,16-18,20,25-26H,9,12-15,19H2,1-5H3,(H,31,33)(H,32,35). The van der Waals surface area contributed by atoms with Gasteiger partial charge in [0, 0.05) is 17.8 Å². The summed E-state index contributed by atoms with van der Waals surface area (Å²) >= 11 is 0. The van der Waals surface area contributed by atoms with Crippen molar-refractivity contribution in [2.24, 2.45) is 11.8 Å². The molecule has 0 saturated heterocycles. The molecule has 2 N–H and O–H groups in total. The average molecular weight is 525 g/mol. The van der Waals surface area contributed by atoms with E-state index < -0.39 is 23.6 Å². The lowest BCUT2D eigenvalue weighted by molar-refractivity contribution is -0.120. The number of nitrogens with one attached hydrogen (secondary N) is 2. The van der Waals surface area contributed by atoms with Crippen LogP contribution in [0.2, 0.25) is 0 Å². The van der Waals surface area contributed by atoms with E-state index in [4.69, 9.17) is 14.2 Å². The SMILES string of the molecule is CC(C)CCOc1cc(NC(=O)C2CCCC2NC(=O)OC(C)(C)C)cc(C(=O)OCc2ccccc2)c1. The average Bonchev–Trinajstić information content (AvgIpc) is 3.29. The van der Waals surface area contributed by atoms with Crippen molar-refractivity contribution in [1.29, 1.82) is 0 Å². The normalized spacial score (nSPS) is 17.1. The first kappa shape index (κ1) is 29.0. The third-order valence-corrected chi connectivity index (χ3v) is 6.14. The molecular formula is C30H40N2O6. The third kappa shape index (κ3) is 9.39. The first-order chi connectivity index (χ1) is 18.0. The number of esters is 1. The van der Waals surface area contributed by atoms with Crippen molar-refractivity contribution in [2.75, 3.05) is 11.9 Å². The monoisotopic (exact) mass is 524 g/mol. The van der Waals surface area contributed by atoms with E-state index in [1.165, 1.54) is 0 Å². The van der Waals surface area contributed by atoms with E-state index in [2.05, 4.69) is 24.5 Å². The van der Waals surface area contributed by atoms with Gasteiger partial charge >= 0.3 is 12.1 Å². The molecule has 0 aromatic heterocycles. The van der Waals surface area contributed by atoms with Gasteiger partial charge in [-0.1, -0.05) is 50.6 Å². The van der Waals surface area contributed by atoms with Crippen molar-refractivity contribution in [3.63, 3.8) is 0 Å². The summed E-state index contributed by atoms with van der Waals surface area (Å²) in [6, 6.07) is 14.0. The molecule has 1 aliphatic rings. The van der Waals surface area contributed by atoms with Crippen LogP contribution in [0, 0.1) is 11.8 Å². The van der Waals surface area contributed by atoms with Crippen LogP contribution in [-0.4, -0.2) is 36.2 Å². The molecule has 0 spiro atoms. The Morgan fingerprint density at radius 1 is 1.03 bits per heavy atom. The molecule has 1 fully saturated rings. The molecule has 2 unspecified atom stereocenters. The van der Waals surface area contributed by atoms with Crippen LogP contribution < -0.4 is 15.4 Å². The van der Waals surface area contributed by atoms with Crippen LogP contribution >= 0.6 is 0 Å². The number of benzene rings is 2.